The number of benzene rings is 2. The molecular weight excluding hydrogens is 375 g/mol. The van der Waals surface area contributed by atoms with Gasteiger partial charge in [-0.2, -0.15) is 13.2 Å². The Kier molecular flexibility index (Phi) is 6.99. The van der Waals surface area contributed by atoms with Gasteiger partial charge in [-0.05, 0) is 55.4 Å². The minimum atomic E-state index is -4.46. The fourth-order valence-electron chi connectivity index (χ4n) is 4.29. The van der Waals surface area contributed by atoms with E-state index in [1.54, 1.807) is 4.90 Å². The van der Waals surface area contributed by atoms with Crippen molar-refractivity contribution in [1.82, 2.24) is 4.90 Å². The van der Waals surface area contributed by atoms with E-state index in [0.29, 0.717) is 12.5 Å². The summed E-state index contributed by atoms with van der Waals surface area (Å²) in [6.07, 6.45) is 1.85. The zero-order valence-electron chi connectivity index (χ0n) is 16.8. The standard InChI is InChI=1S/C24H28F3NO/c1-2-7-18-12-14-22(15-13-18)28(17-19-8-4-3-5-9-19)23(29)20-10-6-11-21(16-20)24(25,26)27/h3-6,8-11,16,18,22H,2,7,12-15,17H2,1H3. The van der Waals surface area contributed by atoms with Crippen LogP contribution in [0.3, 0.4) is 0 Å². The molecular formula is C24H28F3NO. The highest BCUT2D eigenvalue weighted by Crippen LogP contribution is 2.33. The maximum absolute atomic E-state index is 13.3. The van der Waals surface area contributed by atoms with Gasteiger partial charge < -0.3 is 4.90 Å². The van der Waals surface area contributed by atoms with Gasteiger partial charge in [-0.3, -0.25) is 4.79 Å². The monoisotopic (exact) mass is 403 g/mol. The molecule has 5 heteroatoms. The predicted molar refractivity (Wildman–Crippen MR) is 108 cm³/mol. The molecule has 1 aliphatic carbocycles. The average Bonchev–Trinajstić information content (AvgIpc) is 2.73. The van der Waals surface area contributed by atoms with Gasteiger partial charge in [0.05, 0.1) is 5.56 Å². The van der Waals surface area contributed by atoms with Crippen LogP contribution in [0.2, 0.25) is 0 Å². The Morgan fingerprint density at radius 1 is 1.00 bits per heavy atom. The molecule has 1 amide bonds. The fraction of sp³-hybridized carbons (Fsp3) is 0.458. The summed E-state index contributed by atoms with van der Waals surface area (Å²) < 4.78 is 39.4. The van der Waals surface area contributed by atoms with Crippen LogP contribution in [-0.2, 0) is 12.7 Å². The van der Waals surface area contributed by atoms with Gasteiger partial charge >= 0.3 is 6.18 Å². The molecule has 1 aliphatic rings. The van der Waals surface area contributed by atoms with Crippen molar-refractivity contribution in [1.29, 1.82) is 0 Å². The molecule has 2 aromatic carbocycles. The van der Waals surface area contributed by atoms with Crippen LogP contribution in [0, 0.1) is 5.92 Å². The molecule has 1 fully saturated rings. The second kappa shape index (κ2) is 9.47. The van der Waals surface area contributed by atoms with Crippen molar-refractivity contribution < 1.29 is 18.0 Å². The molecule has 0 N–H and O–H groups in total. The van der Waals surface area contributed by atoms with E-state index in [1.807, 2.05) is 30.3 Å². The number of alkyl halides is 3. The first kappa shape index (κ1) is 21.4. The molecule has 0 spiro atoms. The van der Waals surface area contributed by atoms with Crippen LogP contribution in [0.1, 0.15) is 66.9 Å². The lowest BCUT2D eigenvalue weighted by Gasteiger charge is -2.37. The van der Waals surface area contributed by atoms with Crippen molar-refractivity contribution >= 4 is 5.91 Å². The zero-order chi connectivity index (χ0) is 20.9. The molecule has 0 saturated heterocycles. The quantitative estimate of drug-likeness (QED) is 0.525. The van der Waals surface area contributed by atoms with Crippen molar-refractivity contribution in [3.63, 3.8) is 0 Å². The highest BCUT2D eigenvalue weighted by atomic mass is 19.4. The summed E-state index contributed by atoms with van der Waals surface area (Å²) in [5.74, 6) is 0.373. The summed E-state index contributed by atoms with van der Waals surface area (Å²) in [4.78, 5) is 15.1. The van der Waals surface area contributed by atoms with Gasteiger partial charge in [0.15, 0.2) is 0 Å². The van der Waals surface area contributed by atoms with Gasteiger partial charge in [0.1, 0.15) is 0 Å². The lowest BCUT2D eigenvalue weighted by Crippen LogP contribution is -2.42. The van der Waals surface area contributed by atoms with Gasteiger partial charge in [0.2, 0.25) is 0 Å². The van der Waals surface area contributed by atoms with Crippen molar-refractivity contribution in [2.24, 2.45) is 5.92 Å². The summed E-state index contributed by atoms with van der Waals surface area (Å²) in [7, 11) is 0. The Balaban J connectivity index is 1.84. The molecule has 0 atom stereocenters. The summed E-state index contributed by atoms with van der Waals surface area (Å²) in [5.41, 5.74) is 0.310. The Morgan fingerprint density at radius 2 is 1.69 bits per heavy atom. The van der Waals surface area contributed by atoms with E-state index in [4.69, 9.17) is 0 Å². The number of carbonyl (C=O) groups excluding carboxylic acids is 1. The molecule has 156 valence electrons. The summed E-state index contributed by atoms with van der Waals surface area (Å²) >= 11 is 0. The molecule has 0 bridgehead atoms. The van der Waals surface area contributed by atoms with Crippen LogP contribution in [0.15, 0.2) is 54.6 Å². The molecule has 0 aromatic heterocycles. The molecule has 0 heterocycles. The van der Waals surface area contributed by atoms with Gasteiger partial charge in [0.25, 0.3) is 5.91 Å². The number of amides is 1. The largest absolute Gasteiger partial charge is 0.416 e. The Morgan fingerprint density at radius 3 is 2.31 bits per heavy atom. The molecule has 0 radical (unpaired) electrons. The summed E-state index contributed by atoms with van der Waals surface area (Å²) in [5, 5.41) is 0. The average molecular weight is 403 g/mol. The van der Waals surface area contributed by atoms with E-state index in [9.17, 15) is 18.0 Å². The van der Waals surface area contributed by atoms with Gasteiger partial charge in [0, 0.05) is 18.2 Å². The van der Waals surface area contributed by atoms with E-state index in [-0.39, 0.29) is 17.5 Å². The lowest BCUT2D eigenvalue weighted by molar-refractivity contribution is -0.137. The first-order chi connectivity index (χ1) is 13.9. The number of carbonyl (C=O) groups is 1. The van der Waals surface area contributed by atoms with Crippen molar-refractivity contribution in [3.05, 3.63) is 71.3 Å². The molecule has 0 aliphatic heterocycles. The first-order valence-corrected chi connectivity index (χ1v) is 10.4. The van der Waals surface area contributed by atoms with E-state index < -0.39 is 11.7 Å². The maximum Gasteiger partial charge on any atom is 0.416 e. The van der Waals surface area contributed by atoms with Crippen molar-refractivity contribution in [2.45, 2.75) is 64.2 Å². The Hall–Kier alpha value is -2.30. The molecule has 3 rings (SSSR count). The van der Waals surface area contributed by atoms with Crippen LogP contribution in [-0.4, -0.2) is 16.8 Å². The smallest absolute Gasteiger partial charge is 0.331 e. The topological polar surface area (TPSA) is 20.3 Å². The number of hydrogen-bond donors (Lipinski definition) is 0. The van der Waals surface area contributed by atoms with E-state index in [2.05, 4.69) is 6.92 Å². The highest BCUT2D eigenvalue weighted by Gasteiger charge is 2.33. The summed E-state index contributed by atoms with van der Waals surface area (Å²) in [6.45, 7) is 2.60. The van der Waals surface area contributed by atoms with E-state index in [1.165, 1.54) is 18.6 Å². The van der Waals surface area contributed by atoms with Gasteiger partial charge in [-0.1, -0.05) is 56.2 Å². The van der Waals surface area contributed by atoms with Gasteiger partial charge in [-0.25, -0.2) is 0 Å². The third-order valence-corrected chi connectivity index (χ3v) is 5.85. The number of hydrogen-bond acceptors (Lipinski definition) is 1. The maximum atomic E-state index is 13.3. The molecule has 2 aromatic rings. The second-order valence-electron chi connectivity index (χ2n) is 7.96. The second-order valence-corrected chi connectivity index (χ2v) is 7.96. The number of nitrogens with zero attached hydrogens (tertiary/aromatic N) is 1. The lowest BCUT2D eigenvalue weighted by atomic mass is 9.82. The number of rotatable bonds is 6. The van der Waals surface area contributed by atoms with Crippen LogP contribution in [0.4, 0.5) is 13.2 Å². The molecule has 1 saturated carbocycles. The van der Waals surface area contributed by atoms with E-state index in [0.717, 1.165) is 49.8 Å². The first-order valence-electron chi connectivity index (χ1n) is 10.4. The number of halogens is 3. The van der Waals surface area contributed by atoms with Crippen molar-refractivity contribution in [3.8, 4) is 0 Å². The molecule has 2 nitrogen and oxygen atoms in total. The minimum absolute atomic E-state index is 0.0605. The molecule has 0 unspecified atom stereocenters. The summed E-state index contributed by atoms with van der Waals surface area (Å²) in [6, 6.07) is 14.5. The normalized spacial score (nSPS) is 19.7. The highest BCUT2D eigenvalue weighted by molar-refractivity contribution is 5.94. The Bertz CT molecular complexity index is 795. The van der Waals surface area contributed by atoms with Crippen LogP contribution in [0.25, 0.3) is 0 Å². The zero-order valence-corrected chi connectivity index (χ0v) is 16.8. The van der Waals surface area contributed by atoms with Crippen LogP contribution >= 0.6 is 0 Å². The van der Waals surface area contributed by atoms with Crippen LogP contribution < -0.4 is 0 Å². The van der Waals surface area contributed by atoms with Gasteiger partial charge in [-0.15, -0.1) is 0 Å². The van der Waals surface area contributed by atoms with Crippen LogP contribution in [0.5, 0.6) is 0 Å². The molecule has 29 heavy (non-hydrogen) atoms. The third-order valence-electron chi connectivity index (χ3n) is 5.85. The fourth-order valence-corrected chi connectivity index (χ4v) is 4.29. The third kappa shape index (κ3) is 5.62. The van der Waals surface area contributed by atoms with Crippen molar-refractivity contribution in [2.75, 3.05) is 0 Å². The van der Waals surface area contributed by atoms with E-state index >= 15 is 0 Å². The predicted octanol–water partition coefficient (Wildman–Crippen LogP) is 6.71. The SMILES string of the molecule is CCCC1CCC(N(Cc2ccccc2)C(=O)c2cccc(C(F)(F)F)c2)CC1. The minimum Gasteiger partial charge on any atom is -0.331 e. The Labute approximate surface area is 170 Å².